The minimum absolute atomic E-state index is 0.0805. The van der Waals surface area contributed by atoms with E-state index in [4.69, 9.17) is 0 Å². The molecule has 4 aliphatic heterocycles. The largest absolute Gasteiger partial charge is 0.573 e. The van der Waals surface area contributed by atoms with Crippen molar-refractivity contribution < 1.29 is 40.7 Å². The third-order valence-corrected chi connectivity index (χ3v) is 11.8. The number of hydrogen-bond acceptors (Lipinski definition) is 8. The molecule has 3 fully saturated rings. The van der Waals surface area contributed by atoms with Gasteiger partial charge in [0, 0.05) is 37.4 Å². The monoisotopic (exact) mass is 690 g/mol. The quantitative estimate of drug-likeness (QED) is 0.426. The van der Waals surface area contributed by atoms with Crippen LogP contribution < -0.4 is 20.3 Å². The summed E-state index contributed by atoms with van der Waals surface area (Å²) in [7, 11) is -1.73. The highest BCUT2D eigenvalue weighted by Crippen LogP contribution is 2.39. The Labute approximate surface area is 276 Å². The molecule has 4 heterocycles. The van der Waals surface area contributed by atoms with Gasteiger partial charge in [-0.25, -0.2) is 17.5 Å². The number of carbonyl (C=O) groups excluding carboxylic acids is 3. The maximum absolute atomic E-state index is 13.5. The molecule has 6 rings (SSSR count). The predicted molar refractivity (Wildman–Crippen MR) is 170 cm³/mol. The summed E-state index contributed by atoms with van der Waals surface area (Å²) in [6.45, 7) is 5.25. The number of rotatable bonds is 7. The number of nitrogens with zero attached hydrogens (tertiary/aromatic N) is 4. The Hall–Kier alpha value is -4.02. The van der Waals surface area contributed by atoms with E-state index >= 15 is 0 Å². The number of likely N-dealkylation sites (tertiary alicyclic amines) is 1. The molecule has 0 radical (unpaired) electrons. The molecule has 12 nitrogen and oxygen atoms in total. The van der Waals surface area contributed by atoms with Gasteiger partial charge in [-0.05, 0) is 106 Å². The van der Waals surface area contributed by atoms with Crippen LogP contribution in [0.3, 0.4) is 0 Å². The fourth-order valence-corrected chi connectivity index (χ4v) is 8.62. The number of ether oxygens (including phenoxy) is 1. The average molecular weight is 691 g/mol. The van der Waals surface area contributed by atoms with Gasteiger partial charge in [0.05, 0.1) is 5.75 Å². The summed E-state index contributed by atoms with van der Waals surface area (Å²) in [6, 6.07) is 8.20. The third kappa shape index (κ3) is 6.28. The highest BCUT2D eigenvalue weighted by atomic mass is 32.2. The van der Waals surface area contributed by atoms with Crippen molar-refractivity contribution in [3.05, 3.63) is 58.7 Å². The molecule has 2 spiro atoms. The number of sulfonamides is 1. The summed E-state index contributed by atoms with van der Waals surface area (Å²) in [6.07, 6.45) is -3.26. The fraction of sp³-hybridized carbons (Fsp3) is 0.500. The molecule has 16 heteroatoms. The molecule has 258 valence electrons. The van der Waals surface area contributed by atoms with Crippen LogP contribution in [-0.4, -0.2) is 97.7 Å². The van der Waals surface area contributed by atoms with Crippen molar-refractivity contribution >= 4 is 39.4 Å². The number of amidine groups is 1. The van der Waals surface area contributed by atoms with Crippen molar-refractivity contribution in [3.8, 4) is 5.75 Å². The first-order valence-electron chi connectivity index (χ1n) is 15.7. The number of halogens is 3. The van der Waals surface area contributed by atoms with E-state index in [-0.39, 0.29) is 55.8 Å². The van der Waals surface area contributed by atoms with Crippen molar-refractivity contribution in [1.29, 1.82) is 0 Å². The number of amides is 4. The zero-order valence-electron chi connectivity index (χ0n) is 26.8. The number of imide groups is 1. The molecule has 48 heavy (non-hydrogen) atoms. The van der Waals surface area contributed by atoms with Gasteiger partial charge in [-0.2, -0.15) is 0 Å². The number of nitrogens with one attached hydrogen (secondary N) is 2. The minimum Gasteiger partial charge on any atom is -0.406 e. The van der Waals surface area contributed by atoms with Crippen molar-refractivity contribution in [2.24, 2.45) is 4.99 Å². The first-order valence-corrected chi connectivity index (χ1v) is 17.3. The lowest BCUT2D eigenvalue weighted by atomic mass is 9.85. The van der Waals surface area contributed by atoms with Crippen LogP contribution in [0.15, 0.2) is 41.4 Å². The van der Waals surface area contributed by atoms with Crippen molar-refractivity contribution in [2.75, 3.05) is 43.9 Å². The molecule has 4 amide bonds. The smallest absolute Gasteiger partial charge is 0.406 e. The van der Waals surface area contributed by atoms with E-state index in [9.17, 15) is 36.0 Å². The highest BCUT2D eigenvalue weighted by molar-refractivity contribution is 7.89. The summed E-state index contributed by atoms with van der Waals surface area (Å²) in [5.41, 5.74) is 1.36. The normalized spacial score (nSPS) is 21.5. The van der Waals surface area contributed by atoms with Gasteiger partial charge in [0.2, 0.25) is 10.0 Å². The second kappa shape index (κ2) is 12.1. The van der Waals surface area contributed by atoms with Crippen molar-refractivity contribution in [3.63, 3.8) is 0 Å². The number of piperidine rings is 2. The second-order valence-electron chi connectivity index (χ2n) is 13.0. The Morgan fingerprint density at radius 3 is 2.08 bits per heavy atom. The zero-order chi connectivity index (χ0) is 34.6. The lowest BCUT2D eigenvalue weighted by Crippen LogP contribution is -2.56. The number of aryl methyl sites for hydroxylation is 2. The first-order chi connectivity index (χ1) is 22.5. The van der Waals surface area contributed by atoms with E-state index in [1.165, 1.54) is 16.4 Å². The van der Waals surface area contributed by atoms with Gasteiger partial charge in [0.25, 0.3) is 11.8 Å². The van der Waals surface area contributed by atoms with Crippen LogP contribution >= 0.6 is 0 Å². The van der Waals surface area contributed by atoms with Crippen molar-refractivity contribution in [1.82, 2.24) is 19.8 Å². The first kappa shape index (κ1) is 33.9. The van der Waals surface area contributed by atoms with Crippen LogP contribution in [0, 0.1) is 13.8 Å². The molecule has 2 aromatic carbocycles. The average Bonchev–Trinajstić information content (AvgIpc) is 3.45. The molecule has 2 N–H and O–H groups in total. The lowest BCUT2D eigenvalue weighted by molar-refractivity contribution is -0.274. The van der Waals surface area contributed by atoms with Crippen LogP contribution in [0.5, 0.6) is 5.75 Å². The van der Waals surface area contributed by atoms with Gasteiger partial charge in [0.1, 0.15) is 22.7 Å². The van der Waals surface area contributed by atoms with Gasteiger partial charge >= 0.3 is 12.4 Å². The Balaban J connectivity index is 1.11. The number of benzene rings is 2. The molecular formula is C32H37F3N6O6S. The molecule has 0 aliphatic carbocycles. The Morgan fingerprint density at radius 2 is 1.50 bits per heavy atom. The highest BCUT2D eigenvalue weighted by Gasteiger charge is 2.54. The van der Waals surface area contributed by atoms with E-state index in [1.54, 1.807) is 4.90 Å². The number of alkyl halides is 3. The molecular weight excluding hydrogens is 653 g/mol. The van der Waals surface area contributed by atoms with E-state index < -0.39 is 39.2 Å². The van der Waals surface area contributed by atoms with Crippen LogP contribution in [-0.2, 0) is 26.0 Å². The van der Waals surface area contributed by atoms with E-state index in [2.05, 4.69) is 25.3 Å². The van der Waals surface area contributed by atoms with E-state index in [1.807, 2.05) is 33.0 Å². The van der Waals surface area contributed by atoms with Crippen molar-refractivity contribution in [2.45, 2.75) is 63.4 Å². The molecule has 0 saturated carbocycles. The Morgan fingerprint density at radius 1 is 0.896 bits per heavy atom. The molecule has 0 unspecified atom stereocenters. The number of urea groups is 1. The summed E-state index contributed by atoms with van der Waals surface area (Å²) in [4.78, 5) is 47.2. The molecule has 4 aliphatic rings. The maximum Gasteiger partial charge on any atom is 0.573 e. The number of anilines is 1. The Bertz CT molecular complexity index is 1760. The van der Waals surface area contributed by atoms with Gasteiger partial charge in [-0.3, -0.25) is 24.8 Å². The summed E-state index contributed by atoms with van der Waals surface area (Å²) >= 11 is 0. The van der Waals surface area contributed by atoms with Gasteiger partial charge in [-0.1, -0.05) is 0 Å². The van der Waals surface area contributed by atoms with Crippen LogP contribution in [0.2, 0.25) is 0 Å². The molecule has 0 atom stereocenters. The van der Waals surface area contributed by atoms with Gasteiger partial charge < -0.3 is 15.0 Å². The predicted octanol–water partition coefficient (Wildman–Crippen LogP) is 3.01. The molecule has 0 aromatic heterocycles. The molecule has 0 bridgehead atoms. The third-order valence-electron chi connectivity index (χ3n) is 9.92. The van der Waals surface area contributed by atoms with E-state index in [0.717, 1.165) is 28.8 Å². The number of carbonyl (C=O) groups is 3. The summed E-state index contributed by atoms with van der Waals surface area (Å²) in [5.74, 6) is -1.02. The van der Waals surface area contributed by atoms with Crippen LogP contribution in [0.1, 0.15) is 47.9 Å². The standard InChI is InChI=1S/C32H37F3N6O6S/c1-20-18-23(41-29(44)37-28(43)31(41)11-13-39(3)14-12-31)19-21(2)25(20)8-17-48(45,46)40-15-9-30(10-16-40)27(42)36-26(38-30)22-4-6-24(7-5-22)47-32(33,34)35/h4-7,18-19H,8-17H2,1-3H3,(H,36,38,42)(H,37,43,44). The minimum atomic E-state index is -4.83. The zero-order valence-corrected chi connectivity index (χ0v) is 27.6. The second-order valence-corrected chi connectivity index (χ2v) is 15.1. The van der Waals surface area contributed by atoms with Gasteiger partial charge in [0.15, 0.2) is 0 Å². The van der Waals surface area contributed by atoms with E-state index in [0.29, 0.717) is 37.2 Å². The SMILES string of the molecule is Cc1cc(N2C(=O)NC(=O)C23CCN(C)CC3)cc(C)c1CCS(=O)(=O)N1CCC2(CC1)N=C(c1ccc(OC(F)(F)F)cc1)NC2=O. The molecule has 3 saturated heterocycles. The lowest BCUT2D eigenvalue weighted by Gasteiger charge is -2.41. The summed E-state index contributed by atoms with van der Waals surface area (Å²) < 4.78 is 69.7. The summed E-state index contributed by atoms with van der Waals surface area (Å²) in [5, 5.41) is 5.18. The number of hydrogen-bond donors (Lipinski definition) is 2. The fourth-order valence-electron chi connectivity index (χ4n) is 7.16. The maximum atomic E-state index is 13.5. The number of aliphatic imine (C=N–C) groups is 1. The van der Waals surface area contributed by atoms with Gasteiger partial charge in [-0.15, -0.1) is 13.2 Å². The van der Waals surface area contributed by atoms with Crippen LogP contribution in [0.4, 0.5) is 23.7 Å². The molecule has 2 aromatic rings. The Kier molecular flexibility index (Phi) is 8.57. The topological polar surface area (TPSA) is 141 Å². The van der Waals surface area contributed by atoms with Crippen LogP contribution in [0.25, 0.3) is 0 Å².